The molecule has 0 amide bonds. The Labute approximate surface area is 90.1 Å². The van der Waals surface area contributed by atoms with Gasteiger partial charge in [0.1, 0.15) is 0 Å². The van der Waals surface area contributed by atoms with Crippen molar-refractivity contribution in [3.63, 3.8) is 0 Å². The van der Waals surface area contributed by atoms with Crippen LogP contribution in [-0.2, 0) is 21.1 Å². The summed E-state index contributed by atoms with van der Waals surface area (Å²) in [4.78, 5) is 0. The third kappa shape index (κ3) is 19.8. The van der Waals surface area contributed by atoms with Crippen LogP contribution >= 0.6 is 0 Å². The van der Waals surface area contributed by atoms with Crippen LogP contribution in [0.5, 0.6) is 0 Å². The van der Waals surface area contributed by atoms with Gasteiger partial charge in [-0.2, -0.15) is 0 Å². The van der Waals surface area contributed by atoms with Crippen LogP contribution in [0.25, 0.3) is 0 Å². The molecule has 0 aliphatic carbocycles. The Morgan fingerprint density at radius 1 is 0.400 bits per heavy atom. The maximum Gasteiger partial charge on any atom is 0 e. The van der Waals surface area contributed by atoms with E-state index in [1.165, 1.54) is 0 Å². The summed E-state index contributed by atoms with van der Waals surface area (Å²) in [5.41, 5.74) is 0. The predicted molar refractivity (Wildman–Crippen MR) is 39.8 cm³/mol. The Morgan fingerprint density at radius 2 is 0.400 bits per heavy atom. The molecule has 0 saturated carbocycles. The van der Waals surface area contributed by atoms with E-state index in [0.29, 0.717) is 0 Å². The second-order valence-corrected chi connectivity index (χ2v) is 0. The minimum absolute atomic E-state index is 0. The standard InChI is InChI=1S/4GeH3.W/h4*1H3;. The van der Waals surface area contributed by atoms with Gasteiger partial charge >= 0.3 is 70.4 Å². The molecule has 0 saturated heterocycles. The maximum atomic E-state index is 0. The Kier molecular flexibility index (Phi) is 261. The first kappa shape index (κ1) is 45.2. The van der Waals surface area contributed by atoms with Gasteiger partial charge < -0.3 is 0 Å². The van der Waals surface area contributed by atoms with Gasteiger partial charge in [0.05, 0.1) is 0 Å². The van der Waals surface area contributed by atoms with Crippen LogP contribution in [0.4, 0.5) is 0 Å². The first-order valence-electron chi connectivity index (χ1n) is 0. The summed E-state index contributed by atoms with van der Waals surface area (Å²) >= 11 is 0. The maximum absolute atomic E-state index is 0. The average Bonchev–Trinajstić information content (AvgIpc) is 0. The van der Waals surface area contributed by atoms with Crippen molar-refractivity contribution in [1.82, 2.24) is 0 Å². The molecule has 0 atom stereocenters. The molecule has 0 aliphatic heterocycles. The quantitative estimate of drug-likeness (QED) is 0.302. The summed E-state index contributed by atoms with van der Waals surface area (Å²) in [6.45, 7) is 0. The van der Waals surface area contributed by atoms with E-state index in [1.807, 2.05) is 0 Å². The molecule has 0 heterocycles. The summed E-state index contributed by atoms with van der Waals surface area (Å²) in [5, 5.41) is 0. The molecule has 5 heavy (non-hydrogen) atoms. The number of rotatable bonds is 0. The van der Waals surface area contributed by atoms with Crippen molar-refractivity contribution in [1.29, 1.82) is 0 Å². The van der Waals surface area contributed by atoms with Crippen molar-refractivity contribution in [2.75, 3.05) is 0 Å². The monoisotopic (exact) mass is 492 g/mol. The van der Waals surface area contributed by atoms with E-state index in [1.54, 1.807) is 0 Å². The van der Waals surface area contributed by atoms with Gasteiger partial charge in [-0.3, -0.25) is 0 Å². The molecule has 0 spiro atoms. The van der Waals surface area contributed by atoms with Gasteiger partial charge in [-0.1, -0.05) is 0 Å². The van der Waals surface area contributed by atoms with Crippen molar-refractivity contribution in [3.05, 3.63) is 0 Å². The number of hydrogen-bond acceptors (Lipinski definition) is 0. The molecule has 4 radical (unpaired) electrons. The van der Waals surface area contributed by atoms with Gasteiger partial charge in [0.15, 0.2) is 0 Å². The van der Waals surface area contributed by atoms with E-state index >= 15 is 0 Å². The topological polar surface area (TPSA) is 0 Å². The number of hydrogen-bond donors (Lipinski definition) is 0. The van der Waals surface area contributed by atoms with E-state index < -0.39 is 0 Å². The minimum atomic E-state index is 0. The first-order valence-corrected chi connectivity index (χ1v) is 0. The van der Waals surface area contributed by atoms with Gasteiger partial charge in [0, 0.05) is 21.1 Å². The molecule has 0 aliphatic rings. The predicted octanol–water partition coefficient (Wildman–Crippen LogP) is -4.74. The van der Waals surface area contributed by atoms with Gasteiger partial charge in [-0.05, 0) is 0 Å². The molecule has 0 aromatic carbocycles. The summed E-state index contributed by atoms with van der Waals surface area (Å²) in [6, 6.07) is 0. The fourth-order valence-corrected chi connectivity index (χ4v) is 0. The fourth-order valence-electron chi connectivity index (χ4n) is 0. The van der Waals surface area contributed by atoms with Crippen molar-refractivity contribution >= 4 is 70.4 Å². The third-order valence-electron chi connectivity index (χ3n) is 0. The SMILES string of the molecule is [GeH3].[GeH3].[GeH3].[GeH3].[W]. The molecule has 0 aromatic rings. The molecule has 0 fully saturated rings. The molecule has 0 unspecified atom stereocenters. The smallest absolute Gasteiger partial charge is 0 e. The summed E-state index contributed by atoms with van der Waals surface area (Å²) in [5.74, 6) is 0. The largest absolute Gasteiger partial charge is 0 e. The second-order valence-electron chi connectivity index (χ2n) is 0. The molecule has 0 rings (SSSR count). The third-order valence-corrected chi connectivity index (χ3v) is 0. The first-order chi connectivity index (χ1) is 0. The Balaban J connectivity index is 0. The zero-order valence-corrected chi connectivity index (χ0v) is 24.1. The Morgan fingerprint density at radius 3 is 0.400 bits per heavy atom. The van der Waals surface area contributed by atoms with Gasteiger partial charge in [0.25, 0.3) is 0 Å². The van der Waals surface area contributed by atoms with Crippen LogP contribution in [0.15, 0.2) is 0 Å². The zero-order chi connectivity index (χ0) is 0. The van der Waals surface area contributed by atoms with Gasteiger partial charge in [-0.25, -0.2) is 0 Å². The van der Waals surface area contributed by atoms with Crippen LogP contribution in [0, 0.1) is 0 Å². The van der Waals surface area contributed by atoms with Crippen LogP contribution in [0.3, 0.4) is 0 Å². The Hall–Kier alpha value is 2.86. The van der Waals surface area contributed by atoms with Crippen LogP contribution in [0.1, 0.15) is 0 Å². The normalized spacial score (nSPS) is 0. The van der Waals surface area contributed by atoms with Crippen LogP contribution < -0.4 is 0 Å². The van der Waals surface area contributed by atoms with Gasteiger partial charge in [-0.15, -0.1) is 0 Å². The van der Waals surface area contributed by atoms with E-state index in [2.05, 4.69) is 0 Å². The zero-order valence-electron chi connectivity index (χ0n) is 4.41. The molecular formula is H12Ge4W. The molecular weight excluding hydrogens is 474 g/mol. The van der Waals surface area contributed by atoms with Crippen molar-refractivity contribution in [2.24, 2.45) is 0 Å². The average molecular weight is 486 g/mol. The minimum Gasteiger partial charge on any atom is 0 e. The molecule has 0 N–H and O–H groups in total. The molecule has 5 heteroatoms. The van der Waals surface area contributed by atoms with Crippen LogP contribution in [-0.4, -0.2) is 70.4 Å². The Bertz CT molecular complexity index is 3.61. The van der Waals surface area contributed by atoms with Crippen molar-refractivity contribution in [2.45, 2.75) is 0 Å². The van der Waals surface area contributed by atoms with Crippen molar-refractivity contribution < 1.29 is 21.1 Å². The molecule has 34 valence electrons. The van der Waals surface area contributed by atoms with E-state index in [9.17, 15) is 0 Å². The summed E-state index contributed by atoms with van der Waals surface area (Å²) < 4.78 is 0. The summed E-state index contributed by atoms with van der Waals surface area (Å²) in [7, 11) is 0. The van der Waals surface area contributed by atoms with E-state index in [4.69, 9.17) is 0 Å². The molecule has 0 aromatic heterocycles. The van der Waals surface area contributed by atoms with Gasteiger partial charge in [0.2, 0.25) is 0 Å². The molecule has 0 nitrogen and oxygen atoms in total. The second kappa shape index (κ2) is 28.8. The molecule has 0 bridgehead atoms. The fraction of sp³-hybridized carbons (Fsp3) is 0. The van der Waals surface area contributed by atoms with E-state index in [-0.39, 0.29) is 91.5 Å². The van der Waals surface area contributed by atoms with E-state index in [0.717, 1.165) is 0 Å². The summed E-state index contributed by atoms with van der Waals surface area (Å²) in [6.07, 6.45) is 0. The van der Waals surface area contributed by atoms with Crippen molar-refractivity contribution in [3.8, 4) is 0 Å². The van der Waals surface area contributed by atoms with Crippen LogP contribution in [0.2, 0.25) is 0 Å².